The second kappa shape index (κ2) is 10.3. The molecule has 0 bridgehead atoms. The number of piperazine rings is 1. The van der Waals surface area contributed by atoms with Crippen LogP contribution in [0.5, 0.6) is 0 Å². The maximum absolute atomic E-state index is 12.2. The highest BCUT2D eigenvalue weighted by Gasteiger charge is 2.24. The molecule has 1 saturated heterocycles. The SMILES string of the molecule is CCOC(=O)N1CCN(C(=O)CCNCCC2=CCCCC2)CC1. The molecule has 1 aliphatic carbocycles. The molecule has 1 N–H and O–H groups in total. The molecule has 0 atom stereocenters. The zero-order valence-corrected chi connectivity index (χ0v) is 14.9. The third kappa shape index (κ3) is 6.15. The molecule has 6 heteroatoms. The second-order valence-corrected chi connectivity index (χ2v) is 6.42. The van der Waals surface area contributed by atoms with Crippen LogP contribution in [0.1, 0.15) is 45.4 Å². The lowest BCUT2D eigenvalue weighted by atomic mass is 9.97. The molecule has 2 rings (SSSR count). The van der Waals surface area contributed by atoms with Gasteiger partial charge in [0.05, 0.1) is 6.61 Å². The van der Waals surface area contributed by atoms with E-state index >= 15 is 0 Å². The number of allylic oxidation sites excluding steroid dienone is 1. The predicted molar refractivity (Wildman–Crippen MR) is 93.8 cm³/mol. The van der Waals surface area contributed by atoms with Crippen LogP contribution in [0.15, 0.2) is 11.6 Å². The number of carbonyl (C=O) groups excluding carboxylic acids is 2. The summed E-state index contributed by atoms with van der Waals surface area (Å²) in [6.07, 6.45) is 8.85. The molecule has 1 aliphatic heterocycles. The Labute approximate surface area is 145 Å². The van der Waals surface area contributed by atoms with E-state index in [1.165, 1.54) is 25.7 Å². The molecular formula is C18H31N3O3. The molecule has 6 nitrogen and oxygen atoms in total. The summed E-state index contributed by atoms with van der Waals surface area (Å²) in [7, 11) is 0. The van der Waals surface area contributed by atoms with Gasteiger partial charge in [0.25, 0.3) is 0 Å². The van der Waals surface area contributed by atoms with Gasteiger partial charge in [-0.15, -0.1) is 0 Å². The fourth-order valence-corrected chi connectivity index (χ4v) is 3.21. The van der Waals surface area contributed by atoms with E-state index in [1.54, 1.807) is 17.4 Å². The van der Waals surface area contributed by atoms with Gasteiger partial charge in [-0.25, -0.2) is 4.79 Å². The summed E-state index contributed by atoms with van der Waals surface area (Å²) in [5.41, 5.74) is 1.56. The van der Waals surface area contributed by atoms with Gasteiger partial charge in [0.1, 0.15) is 0 Å². The standard InChI is InChI=1S/C18H31N3O3/c1-2-24-18(23)21-14-12-20(13-15-21)17(22)9-11-19-10-8-16-6-4-3-5-7-16/h6,19H,2-5,7-15H2,1H3. The molecule has 0 unspecified atom stereocenters. The van der Waals surface area contributed by atoms with E-state index in [2.05, 4.69) is 11.4 Å². The Bertz CT molecular complexity index is 443. The van der Waals surface area contributed by atoms with E-state index in [0.717, 1.165) is 19.5 Å². The van der Waals surface area contributed by atoms with Crippen molar-refractivity contribution in [3.05, 3.63) is 11.6 Å². The molecule has 0 aromatic carbocycles. The first kappa shape index (κ1) is 18.8. The van der Waals surface area contributed by atoms with Crippen molar-refractivity contribution in [1.82, 2.24) is 15.1 Å². The Morgan fingerprint density at radius 1 is 1.12 bits per heavy atom. The smallest absolute Gasteiger partial charge is 0.409 e. The number of ether oxygens (including phenoxy) is 1. The highest BCUT2D eigenvalue weighted by Crippen LogP contribution is 2.19. The lowest BCUT2D eigenvalue weighted by molar-refractivity contribution is -0.132. The summed E-state index contributed by atoms with van der Waals surface area (Å²) >= 11 is 0. The van der Waals surface area contributed by atoms with Crippen molar-refractivity contribution in [3.63, 3.8) is 0 Å². The third-order valence-corrected chi connectivity index (χ3v) is 4.68. The summed E-state index contributed by atoms with van der Waals surface area (Å²) in [6, 6.07) is 0. The number of rotatable bonds is 7. The van der Waals surface area contributed by atoms with Gasteiger partial charge in [-0.1, -0.05) is 11.6 Å². The third-order valence-electron chi connectivity index (χ3n) is 4.68. The first-order valence-electron chi connectivity index (χ1n) is 9.28. The van der Waals surface area contributed by atoms with Gasteiger partial charge in [-0.3, -0.25) is 4.79 Å². The van der Waals surface area contributed by atoms with E-state index in [0.29, 0.717) is 39.2 Å². The van der Waals surface area contributed by atoms with E-state index in [9.17, 15) is 9.59 Å². The molecule has 136 valence electrons. The zero-order valence-electron chi connectivity index (χ0n) is 14.9. The quantitative estimate of drug-likeness (QED) is 0.571. The van der Waals surface area contributed by atoms with E-state index in [-0.39, 0.29) is 12.0 Å². The number of nitrogens with one attached hydrogen (secondary N) is 1. The molecule has 1 heterocycles. The van der Waals surface area contributed by atoms with E-state index in [1.807, 2.05) is 4.90 Å². The summed E-state index contributed by atoms with van der Waals surface area (Å²) in [5.74, 6) is 0.169. The van der Waals surface area contributed by atoms with Crippen LogP contribution < -0.4 is 5.32 Å². The molecule has 24 heavy (non-hydrogen) atoms. The Morgan fingerprint density at radius 3 is 2.54 bits per heavy atom. The summed E-state index contributed by atoms with van der Waals surface area (Å²) < 4.78 is 4.99. The highest BCUT2D eigenvalue weighted by molar-refractivity contribution is 5.77. The molecule has 2 aliphatic rings. The fourth-order valence-electron chi connectivity index (χ4n) is 3.21. The average molecular weight is 337 g/mol. The lowest BCUT2D eigenvalue weighted by Crippen LogP contribution is -2.51. The number of amides is 2. The number of nitrogens with zero attached hydrogens (tertiary/aromatic N) is 2. The second-order valence-electron chi connectivity index (χ2n) is 6.42. The van der Waals surface area contributed by atoms with Gasteiger partial charge in [0, 0.05) is 39.1 Å². The monoisotopic (exact) mass is 337 g/mol. The molecule has 0 aromatic heterocycles. The van der Waals surface area contributed by atoms with Gasteiger partial charge < -0.3 is 19.9 Å². The molecular weight excluding hydrogens is 306 g/mol. The van der Waals surface area contributed by atoms with Gasteiger partial charge in [-0.05, 0) is 45.6 Å². The van der Waals surface area contributed by atoms with Gasteiger partial charge in [-0.2, -0.15) is 0 Å². The molecule has 2 amide bonds. The maximum Gasteiger partial charge on any atom is 0.409 e. The normalized spacial score (nSPS) is 18.3. The number of hydrogen-bond acceptors (Lipinski definition) is 4. The van der Waals surface area contributed by atoms with Crippen molar-refractivity contribution in [2.75, 3.05) is 45.9 Å². The predicted octanol–water partition coefficient (Wildman–Crippen LogP) is 2.16. The topological polar surface area (TPSA) is 61.9 Å². The van der Waals surface area contributed by atoms with Crippen molar-refractivity contribution >= 4 is 12.0 Å². The van der Waals surface area contributed by atoms with Crippen LogP contribution >= 0.6 is 0 Å². The minimum Gasteiger partial charge on any atom is -0.450 e. The van der Waals surface area contributed by atoms with E-state index < -0.39 is 0 Å². The van der Waals surface area contributed by atoms with Crippen molar-refractivity contribution < 1.29 is 14.3 Å². The fraction of sp³-hybridized carbons (Fsp3) is 0.778. The minimum atomic E-state index is -0.275. The molecule has 0 spiro atoms. The van der Waals surface area contributed by atoms with Crippen LogP contribution in [0.2, 0.25) is 0 Å². The maximum atomic E-state index is 12.2. The molecule has 0 radical (unpaired) electrons. The first-order chi connectivity index (χ1) is 11.7. The van der Waals surface area contributed by atoms with Crippen LogP contribution in [-0.4, -0.2) is 67.7 Å². The van der Waals surface area contributed by atoms with Crippen molar-refractivity contribution in [2.45, 2.75) is 45.4 Å². The lowest BCUT2D eigenvalue weighted by Gasteiger charge is -2.34. The van der Waals surface area contributed by atoms with Crippen molar-refractivity contribution in [3.8, 4) is 0 Å². The summed E-state index contributed by atoms with van der Waals surface area (Å²) in [5, 5.41) is 3.37. The Kier molecular flexibility index (Phi) is 8.08. The largest absolute Gasteiger partial charge is 0.450 e. The summed E-state index contributed by atoms with van der Waals surface area (Å²) in [4.78, 5) is 27.4. The zero-order chi connectivity index (χ0) is 17.2. The van der Waals surface area contributed by atoms with Gasteiger partial charge in [0.2, 0.25) is 5.91 Å². The highest BCUT2D eigenvalue weighted by atomic mass is 16.6. The van der Waals surface area contributed by atoms with Crippen LogP contribution in [0.4, 0.5) is 4.79 Å². The Balaban J connectivity index is 1.55. The molecule has 0 aromatic rings. The molecule has 1 fully saturated rings. The van der Waals surface area contributed by atoms with Crippen LogP contribution in [0.25, 0.3) is 0 Å². The van der Waals surface area contributed by atoms with Gasteiger partial charge >= 0.3 is 6.09 Å². The molecule has 0 saturated carbocycles. The van der Waals surface area contributed by atoms with Crippen LogP contribution in [-0.2, 0) is 9.53 Å². The Hall–Kier alpha value is -1.56. The van der Waals surface area contributed by atoms with Gasteiger partial charge in [0.15, 0.2) is 0 Å². The first-order valence-corrected chi connectivity index (χ1v) is 9.28. The van der Waals surface area contributed by atoms with Crippen LogP contribution in [0.3, 0.4) is 0 Å². The Morgan fingerprint density at radius 2 is 1.88 bits per heavy atom. The van der Waals surface area contributed by atoms with Crippen molar-refractivity contribution in [2.24, 2.45) is 0 Å². The van der Waals surface area contributed by atoms with Crippen LogP contribution in [0, 0.1) is 0 Å². The van der Waals surface area contributed by atoms with Crippen molar-refractivity contribution in [1.29, 1.82) is 0 Å². The van der Waals surface area contributed by atoms with E-state index in [4.69, 9.17) is 4.74 Å². The average Bonchev–Trinajstić information content (AvgIpc) is 2.62. The number of carbonyl (C=O) groups is 2. The summed E-state index contributed by atoms with van der Waals surface area (Å²) in [6.45, 7) is 6.20. The minimum absolute atomic E-state index is 0.169. The number of hydrogen-bond donors (Lipinski definition) is 1.